The predicted octanol–water partition coefficient (Wildman–Crippen LogP) is 4.64. The molecule has 0 N–H and O–H groups in total. The van der Waals surface area contributed by atoms with Gasteiger partial charge in [0.2, 0.25) is 0 Å². The SMILES string of the molecule is O=c1c2c(-c3ccccc3)csc2nc2n1N=C(c1ccc3c(c1)OCCCO3)CS2. The van der Waals surface area contributed by atoms with Crippen LogP contribution in [-0.2, 0) is 0 Å². The first kappa shape index (κ1) is 18.7. The van der Waals surface area contributed by atoms with E-state index in [1.807, 2.05) is 53.9 Å². The molecule has 2 aliphatic heterocycles. The highest BCUT2D eigenvalue weighted by Crippen LogP contribution is 2.34. The summed E-state index contributed by atoms with van der Waals surface area (Å²) in [4.78, 5) is 18.9. The summed E-state index contributed by atoms with van der Waals surface area (Å²) < 4.78 is 13.0. The van der Waals surface area contributed by atoms with Gasteiger partial charge in [-0.2, -0.15) is 9.78 Å². The van der Waals surface area contributed by atoms with Crippen LogP contribution in [0.2, 0.25) is 0 Å². The van der Waals surface area contributed by atoms with Gasteiger partial charge in [-0.15, -0.1) is 11.3 Å². The second-order valence-corrected chi connectivity index (χ2v) is 9.05. The lowest BCUT2D eigenvalue weighted by Gasteiger charge is -2.17. The standard InChI is InChI=1S/C23H17N3O3S2/c27-22-20-16(14-5-2-1-3-6-14)12-30-21(20)24-23-26(22)25-17(13-31-23)15-7-8-18-19(11-15)29-10-4-9-28-18/h1-3,5-8,11-12H,4,9-10,13H2. The van der Waals surface area contributed by atoms with Crippen molar-refractivity contribution in [1.82, 2.24) is 9.66 Å². The summed E-state index contributed by atoms with van der Waals surface area (Å²) in [6.07, 6.45) is 0.857. The van der Waals surface area contributed by atoms with Gasteiger partial charge >= 0.3 is 0 Å². The van der Waals surface area contributed by atoms with Crippen LogP contribution >= 0.6 is 23.1 Å². The largest absolute Gasteiger partial charge is 0.490 e. The smallest absolute Gasteiger partial charge is 0.284 e. The van der Waals surface area contributed by atoms with Crippen molar-refractivity contribution < 1.29 is 9.47 Å². The molecule has 6 rings (SSSR count). The van der Waals surface area contributed by atoms with E-state index < -0.39 is 0 Å². The maximum absolute atomic E-state index is 13.4. The van der Waals surface area contributed by atoms with Crippen LogP contribution in [0, 0.1) is 0 Å². The zero-order valence-corrected chi connectivity index (χ0v) is 18.0. The topological polar surface area (TPSA) is 65.7 Å². The molecule has 0 bridgehead atoms. The molecule has 0 aliphatic carbocycles. The fourth-order valence-electron chi connectivity index (χ4n) is 3.74. The van der Waals surface area contributed by atoms with E-state index >= 15 is 0 Å². The molecular weight excluding hydrogens is 430 g/mol. The van der Waals surface area contributed by atoms with E-state index in [1.54, 1.807) is 0 Å². The molecule has 4 aromatic rings. The molecule has 2 aromatic carbocycles. The van der Waals surface area contributed by atoms with Gasteiger partial charge < -0.3 is 9.47 Å². The summed E-state index contributed by atoms with van der Waals surface area (Å²) in [5.74, 6) is 2.10. The van der Waals surface area contributed by atoms with Crippen LogP contribution in [0.15, 0.2) is 69.0 Å². The van der Waals surface area contributed by atoms with Crippen molar-refractivity contribution in [3.63, 3.8) is 0 Å². The average molecular weight is 448 g/mol. The Balaban J connectivity index is 1.47. The molecule has 0 radical (unpaired) electrons. The monoisotopic (exact) mass is 447 g/mol. The number of fused-ring (bicyclic) bond motifs is 3. The second kappa shape index (κ2) is 7.55. The Hall–Kier alpha value is -3.10. The number of rotatable bonds is 2. The molecule has 0 unspecified atom stereocenters. The molecule has 2 aliphatic rings. The van der Waals surface area contributed by atoms with E-state index in [9.17, 15) is 4.79 Å². The maximum Gasteiger partial charge on any atom is 0.284 e. The molecule has 0 amide bonds. The third-order valence-corrected chi connectivity index (χ3v) is 7.09. The average Bonchev–Trinajstić information content (AvgIpc) is 3.10. The van der Waals surface area contributed by atoms with Crippen molar-refractivity contribution in [2.45, 2.75) is 11.6 Å². The second-order valence-electron chi connectivity index (χ2n) is 7.25. The minimum Gasteiger partial charge on any atom is -0.490 e. The van der Waals surface area contributed by atoms with Gasteiger partial charge in [0.05, 0.1) is 24.3 Å². The number of ether oxygens (including phenoxy) is 2. The molecule has 31 heavy (non-hydrogen) atoms. The molecular formula is C23H17N3O3S2. The third-order valence-electron chi connectivity index (χ3n) is 5.28. The minimum absolute atomic E-state index is 0.140. The summed E-state index contributed by atoms with van der Waals surface area (Å²) >= 11 is 3.02. The van der Waals surface area contributed by atoms with Crippen molar-refractivity contribution in [2.75, 3.05) is 19.0 Å². The zero-order valence-electron chi connectivity index (χ0n) is 16.4. The van der Waals surface area contributed by atoms with Gasteiger partial charge in [-0.05, 0) is 23.8 Å². The van der Waals surface area contributed by atoms with Crippen molar-refractivity contribution in [3.8, 4) is 22.6 Å². The molecule has 8 heteroatoms. The summed E-state index contributed by atoms with van der Waals surface area (Å²) in [5.41, 5.74) is 3.50. The first-order valence-electron chi connectivity index (χ1n) is 9.98. The number of nitrogens with zero attached hydrogens (tertiary/aromatic N) is 3. The van der Waals surface area contributed by atoms with Crippen LogP contribution in [0.1, 0.15) is 12.0 Å². The van der Waals surface area contributed by atoms with Crippen molar-refractivity contribution in [1.29, 1.82) is 0 Å². The van der Waals surface area contributed by atoms with E-state index in [1.165, 1.54) is 27.8 Å². The fraction of sp³-hybridized carbons (Fsp3) is 0.174. The van der Waals surface area contributed by atoms with Crippen LogP contribution in [0.25, 0.3) is 21.3 Å². The van der Waals surface area contributed by atoms with Gasteiger partial charge in [-0.1, -0.05) is 42.1 Å². The van der Waals surface area contributed by atoms with E-state index in [2.05, 4.69) is 0 Å². The Labute approximate surface area is 186 Å². The molecule has 0 saturated carbocycles. The van der Waals surface area contributed by atoms with E-state index in [4.69, 9.17) is 19.6 Å². The lowest BCUT2D eigenvalue weighted by Crippen LogP contribution is -2.25. The van der Waals surface area contributed by atoms with Crippen LogP contribution in [0.5, 0.6) is 11.5 Å². The fourth-order valence-corrected chi connectivity index (χ4v) is 5.63. The highest BCUT2D eigenvalue weighted by Gasteiger charge is 2.22. The molecule has 154 valence electrons. The van der Waals surface area contributed by atoms with E-state index in [0.29, 0.717) is 29.5 Å². The maximum atomic E-state index is 13.4. The lowest BCUT2D eigenvalue weighted by atomic mass is 10.1. The quantitative estimate of drug-likeness (QED) is 0.419. The van der Waals surface area contributed by atoms with Crippen molar-refractivity contribution in [3.05, 3.63) is 69.8 Å². The Bertz CT molecular complexity index is 1390. The Morgan fingerprint density at radius 2 is 1.81 bits per heavy atom. The number of hydrogen-bond acceptors (Lipinski definition) is 7. The summed E-state index contributed by atoms with van der Waals surface area (Å²) in [6.45, 7) is 1.28. The number of benzene rings is 2. The summed E-state index contributed by atoms with van der Waals surface area (Å²) in [7, 11) is 0. The van der Waals surface area contributed by atoms with Gasteiger partial charge in [-0.3, -0.25) is 4.79 Å². The van der Waals surface area contributed by atoms with Gasteiger partial charge in [0, 0.05) is 28.7 Å². The third kappa shape index (κ3) is 3.23. The van der Waals surface area contributed by atoms with Crippen LogP contribution in [0.4, 0.5) is 0 Å². The molecule has 0 saturated heterocycles. The van der Waals surface area contributed by atoms with Crippen LogP contribution in [0.3, 0.4) is 0 Å². The number of aromatic nitrogens is 2. The van der Waals surface area contributed by atoms with Gasteiger partial charge in [0.25, 0.3) is 5.56 Å². The highest BCUT2D eigenvalue weighted by atomic mass is 32.2. The predicted molar refractivity (Wildman–Crippen MR) is 124 cm³/mol. The van der Waals surface area contributed by atoms with E-state index in [0.717, 1.165) is 45.2 Å². The molecule has 4 heterocycles. The van der Waals surface area contributed by atoms with Crippen LogP contribution < -0.4 is 15.0 Å². The van der Waals surface area contributed by atoms with Gasteiger partial charge in [-0.25, -0.2) is 4.98 Å². The molecule has 0 spiro atoms. The zero-order chi connectivity index (χ0) is 20.8. The number of hydrogen-bond donors (Lipinski definition) is 0. The first-order chi connectivity index (χ1) is 15.3. The molecule has 2 aromatic heterocycles. The number of thioether (sulfide) groups is 1. The molecule has 6 nitrogen and oxygen atoms in total. The van der Waals surface area contributed by atoms with Gasteiger partial charge in [0.1, 0.15) is 4.83 Å². The Morgan fingerprint density at radius 1 is 0.968 bits per heavy atom. The van der Waals surface area contributed by atoms with Crippen LogP contribution in [-0.4, -0.2) is 34.3 Å². The first-order valence-corrected chi connectivity index (χ1v) is 11.8. The lowest BCUT2D eigenvalue weighted by molar-refractivity contribution is 0.297. The molecule has 0 atom stereocenters. The normalized spacial score (nSPS) is 15.3. The molecule has 0 fully saturated rings. The summed E-state index contributed by atoms with van der Waals surface area (Å²) in [6, 6.07) is 15.7. The highest BCUT2D eigenvalue weighted by molar-refractivity contribution is 7.99. The Morgan fingerprint density at radius 3 is 2.68 bits per heavy atom. The number of thiophene rings is 1. The minimum atomic E-state index is -0.140. The van der Waals surface area contributed by atoms with Crippen molar-refractivity contribution in [2.24, 2.45) is 5.10 Å². The van der Waals surface area contributed by atoms with Crippen molar-refractivity contribution >= 4 is 39.0 Å². The Kier molecular flexibility index (Phi) is 4.54. The van der Waals surface area contributed by atoms with E-state index in [-0.39, 0.29) is 5.56 Å². The summed E-state index contributed by atoms with van der Waals surface area (Å²) in [5, 5.41) is 7.93. The van der Waals surface area contributed by atoms with Gasteiger partial charge in [0.15, 0.2) is 16.7 Å².